The number of hydrogen-bond acceptors (Lipinski definition) is 2. The van der Waals surface area contributed by atoms with Gasteiger partial charge in [0.2, 0.25) is 0 Å². The number of nitrogens with zero attached hydrogens (tertiary/aromatic N) is 1. The van der Waals surface area contributed by atoms with Crippen LogP contribution in [0.2, 0.25) is 0 Å². The number of hydrogen-bond donors (Lipinski definition) is 1. The second-order valence-corrected chi connectivity index (χ2v) is 6.39. The molecule has 0 spiro atoms. The standard InChI is InChI=1S/C19H32N2/c1-2-20-13-7-4-8-14-21-15-11-19(12-16-21)17-18-9-5-3-6-10-18/h3,5-6,9-10,19-20H,2,4,7-8,11-17H2,1H3. The van der Waals surface area contributed by atoms with E-state index < -0.39 is 0 Å². The Balaban J connectivity index is 1.54. The predicted octanol–water partition coefficient (Wildman–Crippen LogP) is 3.72. The van der Waals surface area contributed by atoms with Crippen LogP contribution in [-0.2, 0) is 6.42 Å². The summed E-state index contributed by atoms with van der Waals surface area (Å²) in [4.78, 5) is 2.68. The van der Waals surface area contributed by atoms with Crippen molar-refractivity contribution in [2.45, 2.75) is 45.4 Å². The fraction of sp³-hybridized carbons (Fsp3) is 0.684. The molecule has 1 N–H and O–H groups in total. The summed E-state index contributed by atoms with van der Waals surface area (Å²) in [6, 6.07) is 11.0. The quantitative estimate of drug-likeness (QED) is 0.697. The molecule has 0 amide bonds. The van der Waals surface area contributed by atoms with Gasteiger partial charge in [0.1, 0.15) is 0 Å². The first kappa shape index (κ1) is 16.5. The third-order valence-electron chi connectivity index (χ3n) is 4.65. The van der Waals surface area contributed by atoms with Gasteiger partial charge in [0.25, 0.3) is 0 Å². The Morgan fingerprint density at radius 2 is 1.81 bits per heavy atom. The van der Waals surface area contributed by atoms with E-state index in [0.717, 1.165) is 12.5 Å². The van der Waals surface area contributed by atoms with Crippen LogP contribution in [0.25, 0.3) is 0 Å². The summed E-state index contributed by atoms with van der Waals surface area (Å²) in [5.41, 5.74) is 1.51. The number of likely N-dealkylation sites (tertiary alicyclic amines) is 1. The maximum atomic E-state index is 3.40. The largest absolute Gasteiger partial charge is 0.317 e. The third-order valence-corrected chi connectivity index (χ3v) is 4.65. The summed E-state index contributed by atoms with van der Waals surface area (Å²) in [6.07, 6.45) is 8.11. The van der Waals surface area contributed by atoms with Crippen LogP contribution >= 0.6 is 0 Å². The Morgan fingerprint density at radius 1 is 1.05 bits per heavy atom. The molecule has 0 aliphatic carbocycles. The van der Waals surface area contributed by atoms with E-state index >= 15 is 0 Å². The summed E-state index contributed by atoms with van der Waals surface area (Å²) >= 11 is 0. The van der Waals surface area contributed by atoms with Gasteiger partial charge in [-0.2, -0.15) is 0 Å². The van der Waals surface area contributed by atoms with Crippen LogP contribution in [0.3, 0.4) is 0 Å². The number of benzene rings is 1. The van der Waals surface area contributed by atoms with E-state index in [1.54, 1.807) is 0 Å². The van der Waals surface area contributed by atoms with Gasteiger partial charge in [-0.25, -0.2) is 0 Å². The minimum absolute atomic E-state index is 0.900. The summed E-state index contributed by atoms with van der Waals surface area (Å²) in [5.74, 6) is 0.900. The molecule has 1 aromatic rings. The van der Waals surface area contributed by atoms with Crippen LogP contribution in [0.4, 0.5) is 0 Å². The van der Waals surface area contributed by atoms with Gasteiger partial charge in [-0.15, -0.1) is 0 Å². The highest BCUT2D eigenvalue weighted by atomic mass is 15.1. The Bertz CT molecular complexity index is 355. The van der Waals surface area contributed by atoms with Crippen molar-refractivity contribution in [1.29, 1.82) is 0 Å². The molecule has 1 fully saturated rings. The van der Waals surface area contributed by atoms with Crippen LogP contribution in [0.5, 0.6) is 0 Å². The van der Waals surface area contributed by atoms with Gasteiger partial charge in [0.05, 0.1) is 0 Å². The van der Waals surface area contributed by atoms with E-state index in [2.05, 4.69) is 47.5 Å². The van der Waals surface area contributed by atoms with E-state index in [1.165, 1.54) is 70.3 Å². The average Bonchev–Trinajstić information content (AvgIpc) is 2.53. The average molecular weight is 288 g/mol. The van der Waals surface area contributed by atoms with Crippen LogP contribution in [0.1, 0.15) is 44.6 Å². The van der Waals surface area contributed by atoms with Crippen molar-refractivity contribution in [3.63, 3.8) is 0 Å². The first-order valence-corrected chi connectivity index (χ1v) is 8.85. The Labute approximate surface area is 130 Å². The van der Waals surface area contributed by atoms with Gasteiger partial charge >= 0.3 is 0 Å². The lowest BCUT2D eigenvalue weighted by Gasteiger charge is -2.32. The van der Waals surface area contributed by atoms with Crippen molar-refractivity contribution < 1.29 is 0 Å². The van der Waals surface area contributed by atoms with Gasteiger partial charge in [-0.1, -0.05) is 43.7 Å². The number of unbranched alkanes of at least 4 members (excludes halogenated alkanes) is 2. The molecule has 1 heterocycles. The highest BCUT2D eigenvalue weighted by Gasteiger charge is 2.18. The normalized spacial score (nSPS) is 17.2. The second-order valence-electron chi connectivity index (χ2n) is 6.39. The van der Waals surface area contributed by atoms with Gasteiger partial charge < -0.3 is 10.2 Å². The molecular formula is C19H32N2. The number of nitrogens with one attached hydrogen (secondary N) is 1. The van der Waals surface area contributed by atoms with Crippen molar-refractivity contribution >= 4 is 0 Å². The Kier molecular flexibility index (Phi) is 7.83. The van der Waals surface area contributed by atoms with Crippen molar-refractivity contribution in [2.75, 3.05) is 32.7 Å². The van der Waals surface area contributed by atoms with Crippen LogP contribution in [-0.4, -0.2) is 37.6 Å². The van der Waals surface area contributed by atoms with Gasteiger partial charge in [0, 0.05) is 0 Å². The highest BCUT2D eigenvalue weighted by molar-refractivity contribution is 5.15. The van der Waals surface area contributed by atoms with Crippen molar-refractivity contribution in [3.05, 3.63) is 35.9 Å². The van der Waals surface area contributed by atoms with E-state index in [4.69, 9.17) is 0 Å². The lowest BCUT2D eigenvalue weighted by atomic mass is 9.90. The minimum Gasteiger partial charge on any atom is -0.317 e. The molecule has 1 saturated heterocycles. The van der Waals surface area contributed by atoms with E-state index in [9.17, 15) is 0 Å². The molecule has 0 saturated carbocycles. The second kappa shape index (κ2) is 9.97. The monoisotopic (exact) mass is 288 g/mol. The molecule has 1 aliphatic rings. The smallest absolute Gasteiger partial charge is 0.00160 e. The minimum atomic E-state index is 0.900. The maximum absolute atomic E-state index is 3.40. The highest BCUT2D eigenvalue weighted by Crippen LogP contribution is 2.21. The summed E-state index contributed by atoms with van der Waals surface area (Å²) in [7, 11) is 0. The lowest BCUT2D eigenvalue weighted by molar-refractivity contribution is 0.181. The van der Waals surface area contributed by atoms with Crippen molar-refractivity contribution in [3.8, 4) is 0 Å². The Morgan fingerprint density at radius 3 is 2.52 bits per heavy atom. The van der Waals surface area contributed by atoms with Gasteiger partial charge in [0.15, 0.2) is 0 Å². The number of piperidine rings is 1. The maximum Gasteiger partial charge on any atom is -0.00160 e. The molecule has 0 unspecified atom stereocenters. The summed E-state index contributed by atoms with van der Waals surface area (Å²) in [5, 5.41) is 3.40. The SMILES string of the molecule is CCNCCCCCN1CCC(Cc2ccccc2)CC1. The molecule has 0 aromatic heterocycles. The predicted molar refractivity (Wildman–Crippen MR) is 91.7 cm³/mol. The summed E-state index contributed by atoms with van der Waals surface area (Å²) < 4.78 is 0. The van der Waals surface area contributed by atoms with E-state index in [0.29, 0.717) is 0 Å². The molecule has 2 nitrogen and oxygen atoms in total. The van der Waals surface area contributed by atoms with Crippen LogP contribution < -0.4 is 5.32 Å². The molecule has 1 aliphatic heterocycles. The zero-order chi connectivity index (χ0) is 14.8. The van der Waals surface area contributed by atoms with Crippen LogP contribution in [0.15, 0.2) is 30.3 Å². The Hall–Kier alpha value is -0.860. The number of rotatable bonds is 9. The molecular weight excluding hydrogens is 256 g/mol. The van der Waals surface area contributed by atoms with E-state index in [1.807, 2.05) is 0 Å². The fourth-order valence-corrected chi connectivity index (χ4v) is 3.30. The molecule has 1 aromatic carbocycles. The van der Waals surface area contributed by atoms with E-state index in [-0.39, 0.29) is 0 Å². The zero-order valence-corrected chi connectivity index (χ0v) is 13.7. The molecule has 0 atom stereocenters. The molecule has 2 heteroatoms. The molecule has 21 heavy (non-hydrogen) atoms. The molecule has 0 bridgehead atoms. The lowest BCUT2D eigenvalue weighted by Crippen LogP contribution is -2.35. The van der Waals surface area contributed by atoms with Crippen molar-refractivity contribution in [1.82, 2.24) is 10.2 Å². The topological polar surface area (TPSA) is 15.3 Å². The van der Waals surface area contributed by atoms with Crippen LogP contribution in [0, 0.1) is 5.92 Å². The van der Waals surface area contributed by atoms with Gasteiger partial charge in [-0.3, -0.25) is 0 Å². The zero-order valence-electron chi connectivity index (χ0n) is 13.7. The third kappa shape index (κ3) is 6.62. The first-order chi connectivity index (χ1) is 10.4. The fourth-order valence-electron chi connectivity index (χ4n) is 3.30. The first-order valence-electron chi connectivity index (χ1n) is 8.85. The van der Waals surface area contributed by atoms with Gasteiger partial charge in [-0.05, 0) is 76.3 Å². The molecule has 2 rings (SSSR count). The molecule has 118 valence electrons. The molecule has 0 radical (unpaired) electrons. The van der Waals surface area contributed by atoms with Crippen molar-refractivity contribution in [2.24, 2.45) is 5.92 Å². The summed E-state index contributed by atoms with van der Waals surface area (Å²) in [6.45, 7) is 8.41.